The van der Waals surface area contributed by atoms with Gasteiger partial charge in [0.15, 0.2) is 0 Å². The number of aryl methyl sites for hydroxylation is 2. The molecule has 1 aliphatic rings. The number of nitrogens with one attached hydrogen (secondary N) is 1. The van der Waals surface area contributed by atoms with Crippen molar-refractivity contribution in [2.45, 2.75) is 59.5 Å². The molecule has 0 bridgehead atoms. The van der Waals surface area contributed by atoms with E-state index in [2.05, 4.69) is 44.0 Å². The van der Waals surface area contributed by atoms with Gasteiger partial charge in [-0.25, -0.2) is 0 Å². The quantitative estimate of drug-likeness (QED) is 0.891. The number of likely N-dealkylation sites (tertiary alicyclic amines) is 1. The minimum absolute atomic E-state index is 0.460. The van der Waals surface area contributed by atoms with Gasteiger partial charge in [-0.15, -0.1) is 0 Å². The second-order valence-electron chi connectivity index (χ2n) is 6.37. The lowest BCUT2D eigenvalue weighted by Crippen LogP contribution is -2.49. The highest BCUT2D eigenvalue weighted by Gasteiger charge is 2.29. The minimum atomic E-state index is 0.460. The molecule has 2 heterocycles. The molecule has 0 aliphatic carbocycles. The van der Waals surface area contributed by atoms with Crippen molar-refractivity contribution < 1.29 is 4.42 Å². The molecule has 3 heteroatoms. The third-order valence-electron chi connectivity index (χ3n) is 4.67. The SMILES string of the molecule is CCCNC1CCN(C(C)c2cc(C)oc2C)CC1C. The van der Waals surface area contributed by atoms with Gasteiger partial charge >= 0.3 is 0 Å². The van der Waals surface area contributed by atoms with Gasteiger partial charge in [0.25, 0.3) is 0 Å². The first kappa shape index (κ1) is 15.6. The highest BCUT2D eigenvalue weighted by atomic mass is 16.3. The summed E-state index contributed by atoms with van der Waals surface area (Å²) in [7, 11) is 0. The number of hydrogen-bond acceptors (Lipinski definition) is 3. The highest BCUT2D eigenvalue weighted by molar-refractivity contribution is 5.23. The topological polar surface area (TPSA) is 28.4 Å². The van der Waals surface area contributed by atoms with Crippen molar-refractivity contribution in [3.05, 3.63) is 23.2 Å². The Morgan fingerprint density at radius 2 is 2.20 bits per heavy atom. The van der Waals surface area contributed by atoms with Crippen molar-refractivity contribution in [1.82, 2.24) is 10.2 Å². The van der Waals surface area contributed by atoms with Crippen molar-refractivity contribution in [2.75, 3.05) is 19.6 Å². The molecular weight excluding hydrogens is 248 g/mol. The Morgan fingerprint density at radius 3 is 2.75 bits per heavy atom. The van der Waals surface area contributed by atoms with Crippen LogP contribution in [0, 0.1) is 19.8 Å². The van der Waals surface area contributed by atoms with E-state index in [1.807, 2.05) is 6.92 Å². The third kappa shape index (κ3) is 3.44. The lowest BCUT2D eigenvalue weighted by Gasteiger charge is -2.40. The number of piperidine rings is 1. The van der Waals surface area contributed by atoms with E-state index >= 15 is 0 Å². The molecule has 1 aromatic heterocycles. The maximum atomic E-state index is 5.69. The maximum Gasteiger partial charge on any atom is 0.105 e. The highest BCUT2D eigenvalue weighted by Crippen LogP contribution is 2.30. The summed E-state index contributed by atoms with van der Waals surface area (Å²) in [4.78, 5) is 2.60. The van der Waals surface area contributed by atoms with E-state index in [1.54, 1.807) is 0 Å². The van der Waals surface area contributed by atoms with Crippen LogP contribution in [0.4, 0.5) is 0 Å². The molecule has 1 aliphatic heterocycles. The molecule has 1 saturated heterocycles. The largest absolute Gasteiger partial charge is 0.466 e. The van der Waals surface area contributed by atoms with Crippen LogP contribution in [0.25, 0.3) is 0 Å². The standard InChI is InChI=1S/C17H30N2O/c1-6-8-18-17-7-9-19(11-12(17)2)14(4)16-10-13(3)20-15(16)5/h10,12,14,17-18H,6-9,11H2,1-5H3. The number of hydrogen-bond donors (Lipinski definition) is 1. The van der Waals surface area contributed by atoms with E-state index < -0.39 is 0 Å². The molecule has 0 aromatic carbocycles. The summed E-state index contributed by atoms with van der Waals surface area (Å²) in [5, 5.41) is 3.69. The summed E-state index contributed by atoms with van der Waals surface area (Å²) in [6.07, 6.45) is 2.47. The fourth-order valence-electron chi connectivity index (χ4n) is 3.42. The van der Waals surface area contributed by atoms with Gasteiger partial charge in [-0.3, -0.25) is 4.90 Å². The number of rotatable bonds is 5. The van der Waals surface area contributed by atoms with E-state index in [-0.39, 0.29) is 0 Å². The summed E-state index contributed by atoms with van der Waals surface area (Å²) >= 11 is 0. The second kappa shape index (κ2) is 6.77. The zero-order valence-corrected chi connectivity index (χ0v) is 13.7. The fourth-order valence-corrected chi connectivity index (χ4v) is 3.42. The van der Waals surface area contributed by atoms with Crippen molar-refractivity contribution in [1.29, 1.82) is 0 Å². The summed E-state index contributed by atoms with van der Waals surface area (Å²) in [6, 6.07) is 3.35. The molecule has 1 N–H and O–H groups in total. The average Bonchev–Trinajstić information content (AvgIpc) is 2.75. The molecule has 1 aromatic rings. The summed E-state index contributed by atoms with van der Waals surface area (Å²) in [5.74, 6) is 2.82. The summed E-state index contributed by atoms with van der Waals surface area (Å²) in [6.45, 7) is 14.5. The van der Waals surface area contributed by atoms with Crippen molar-refractivity contribution >= 4 is 0 Å². The van der Waals surface area contributed by atoms with Crippen LogP contribution < -0.4 is 5.32 Å². The van der Waals surface area contributed by atoms with Gasteiger partial charge in [0.1, 0.15) is 11.5 Å². The van der Waals surface area contributed by atoms with Crippen molar-refractivity contribution in [3.8, 4) is 0 Å². The summed E-state index contributed by atoms with van der Waals surface area (Å²) < 4.78 is 5.69. The smallest absolute Gasteiger partial charge is 0.105 e. The fraction of sp³-hybridized carbons (Fsp3) is 0.765. The zero-order chi connectivity index (χ0) is 14.7. The Balaban J connectivity index is 1.96. The number of nitrogens with zero attached hydrogens (tertiary/aromatic N) is 1. The first-order valence-electron chi connectivity index (χ1n) is 8.07. The molecule has 0 saturated carbocycles. The van der Waals surface area contributed by atoms with Gasteiger partial charge in [-0.2, -0.15) is 0 Å². The predicted octanol–water partition coefficient (Wildman–Crippen LogP) is 3.67. The van der Waals surface area contributed by atoms with Gasteiger partial charge in [-0.05, 0) is 52.1 Å². The molecule has 3 unspecified atom stereocenters. The Morgan fingerprint density at radius 1 is 1.45 bits per heavy atom. The molecule has 3 atom stereocenters. The molecule has 0 amide bonds. The normalized spacial score (nSPS) is 25.9. The zero-order valence-electron chi connectivity index (χ0n) is 13.7. The Labute approximate surface area is 123 Å². The van der Waals surface area contributed by atoms with Gasteiger partial charge in [0.2, 0.25) is 0 Å². The maximum absolute atomic E-state index is 5.69. The molecule has 2 rings (SSSR count). The lowest BCUT2D eigenvalue weighted by atomic mass is 9.91. The average molecular weight is 278 g/mol. The molecule has 1 fully saturated rings. The predicted molar refractivity (Wildman–Crippen MR) is 84.0 cm³/mol. The molecule has 0 radical (unpaired) electrons. The molecule has 3 nitrogen and oxygen atoms in total. The molecule has 0 spiro atoms. The summed E-state index contributed by atoms with van der Waals surface area (Å²) in [5.41, 5.74) is 1.36. The van der Waals surface area contributed by atoms with Gasteiger partial charge < -0.3 is 9.73 Å². The van der Waals surface area contributed by atoms with E-state index in [0.717, 1.165) is 18.1 Å². The van der Waals surface area contributed by atoms with Crippen molar-refractivity contribution in [2.24, 2.45) is 5.92 Å². The molecule has 114 valence electrons. The van der Waals surface area contributed by atoms with Crippen LogP contribution in [0.1, 0.15) is 56.7 Å². The first-order chi connectivity index (χ1) is 9.52. The Hall–Kier alpha value is -0.800. The number of furan rings is 1. The van der Waals surface area contributed by atoms with Crippen LogP contribution in [0.15, 0.2) is 10.5 Å². The van der Waals surface area contributed by atoms with E-state index in [1.165, 1.54) is 31.5 Å². The van der Waals surface area contributed by atoms with Crippen LogP contribution in [0.3, 0.4) is 0 Å². The minimum Gasteiger partial charge on any atom is -0.466 e. The van der Waals surface area contributed by atoms with Gasteiger partial charge in [0, 0.05) is 30.7 Å². The lowest BCUT2D eigenvalue weighted by molar-refractivity contribution is 0.110. The van der Waals surface area contributed by atoms with Gasteiger partial charge in [0.05, 0.1) is 0 Å². The van der Waals surface area contributed by atoms with Crippen LogP contribution in [-0.2, 0) is 0 Å². The Bertz CT molecular complexity index is 427. The monoisotopic (exact) mass is 278 g/mol. The Kier molecular flexibility index (Phi) is 5.28. The molecule has 20 heavy (non-hydrogen) atoms. The van der Waals surface area contributed by atoms with Crippen LogP contribution in [0.2, 0.25) is 0 Å². The van der Waals surface area contributed by atoms with E-state index in [0.29, 0.717) is 18.0 Å². The first-order valence-corrected chi connectivity index (χ1v) is 8.07. The second-order valence-corrected chi connectivity index (χ2v) is 6.37. The van der Waals surface area contributed by atoms with Crippen LogP contribution in [0.5, 0.6) is 0 Å². The van der Waals surface area contributed by atoms with E-state index in [9.17, 15) is 0 Å². The van der Waals surface area contributed by atoms with E-state index in [4.69, 9.17) is 4.42 Å². The van der Waals surface area contributed by atoms with Crippen LogP contribution in [-0.4, -0.2) is 30.6 Å². The van der Waals surface area contributed by atoms with Gasteiger partial charge in [-0.1, -0.05) is 13.8 Å². The molecular formula is C17H30N2O. The van der Waals surface area contributed by atoms with Crippen molar-refractivity contribution in [3.63, 3.8) is 0 Å². The third-order valence-corrected chi connectivity index (χ3v) is 4.67. The van der Waals surface area contributed by atoms with Crippen LogP contribution >= 0.6 is 0 Å².